The lowest BCUT2D eigenvalue weighted by molar-refractivity contribution is -0.149. The molecule has 1 aromatic rings. The van der Waals surface area contributed by atoms with E-state index in [1.807, 2.05) is 19.9 Å². The fourth-order valence-corrected chi connectivity index (χ4v) is 3.09. The predicted molar refractivity (Wildman–Crippen MR) is 109 cm³/mol. The number of rotatable bonds is 7. The molecule has 1 aliphatic rings. The van der Waals surface area contributed by atoms with Crippen LogP contribution < -0.4 is 9.47 Å². The minimum atomic E-state index is -0.646. The average molecular weight is 402 g/mol. The maximum absolute atomic E-state index is 12.1. The van der Waals surface area contributed by atoms with Crippen LogP contribution in [-0.4, -0.2) is 42.0 Å². The smallest absolute Gasteiger partial charge is 0.306 e. The van der Waals surface area contributed by atoms with E-state index in [1.165, 1.54) is 26.4 Å². The minimum Gasteiger partial charge on any atom is -0.496 e. The molecule has 0 fully saturated rings. The van der Waals surface area contributed by atoms with Gasteiger partial charge in [-0.2, -0.15) is 0 Å². The van der Waals surface area contributed by atoms with Crippen molar-refractivity contribution in [3.05, 3.63) is 46.6 Å². The second kappa shape index (κ2) is 9.77. The van der Waals surface area contributed by atoms with Crippen molar-refractivity contribution in [3.8, 4) is 11.5 Å². The first-order valence-electron chi connectivity index (χ1n) is 9.16. The number of nitrogens with zero attached hydrogens (tertiary/aromatic N) is 2. The standard InChI is InChI=1S/C21H26N2O6/c1-6-18(24)29-16(10-7-12(2)3)13-11-17(27-4)19-14(22-25)8-9-15(23-26)20(19)21(13)28-5/h7-9,11,16,25-26H,6,10H2,1-5H3/b22-14+,23-15+. The van der Waals surface area contributed by atoms with Crippen molar-refractivity contribution in [1.29, 1.82) is 0 Å². The third-order valence-corrected chi connectivity index (χ3v) is 4.47. The Morgan fingerprint density at radius 1 is 1.10 bits per heavy atom. The fourth-order valence-electron chi connectivity index (χ4n) is 3.09. The fraction of sp³-hybridized carbons (Fsp3) is 0.381. The maximum atomic E-state index is 12.1. The number of hydrogen-bond donors (Lipinski definition) is 2. The van der Waals surface area contributed by atoms with Gasteiger partial charge in [0.25, 0.3) is 0 Å². The number of esters is 1. The van der Waals surface area contributed by atoms with E-state index in [-0.39, 0.29) is 23.8 Å². The number of methoxy groups -OCH3 is 2. The van der Waals surface area contributed by atoms with Crippen molar-refractivity contribution < 1.29 is 29.4 Å². The summed E-state index contributed by atoms with van der Waals surface area (Å²) in [5.41, 5.74) is 2.84. The highest BCUT2D eigenvalue weighted by molar-refractivity contribution is 6.27. The summed E-state index contributed by atoms with van der Waals surface area (Å²) in [5.74, 6) is 0.350. The predicted octanol–water partition coefficient (Wildman–Crippen LogP) is 3.98. The lowest BCUT2D eigenvalue weighted by Gasteiger charge is -2.25. The third-order valence-electron chi connectivity index (χ3n) is 4.47. The minimum absolute atomic E-state index is 0.201. The number of benzene rings is 1. The first-order valence-corrected chi connectivity index (χ1v) is 9.16. The summed E-state index contributed by atoms with van der Waals surface area (Å²) in [5, 5.41) is 25.6. The topological polar surface area (TPSA) is 110 Å². The van der Waals surface area contributed by atoms with Crippen LogP contribution in [0.4, 0.5) is 0 Å². The Labute approximate surface area is 169 Å². The van der Waals surface area contributed by atoms with Crippen LogP contribution in [0.25, 0.3) is 0 Å². The third kappa shape index (κ3) is 4.59. The Balaban J connectivity index is 2.80. The van der Waals surface area contributed by atoms with Crippen molar-refractivity contribution >= 4 is 17.4 Å². The summed E-state index contributed by atoms with van der Waals surface area (Å²) in [6.45, 7) is 5.62. The molecule has 0 saturated carbocycles. The second-order valence-corrected chi connectivity index (χ2v) is 6.60. The molecule has 2 rings (SSSR count). The van der Waals surface area contributed by atoms with Gasteiger partial charge in [-0.15, -0.1) is 0 Å². The summed E-state index contributed by atoms with van der Waals surface area (Å²) in [4.78, 5) is 12.1. The van der Waals surface area contributed by atoms with Crippen LogP contribution in [0.5, 0.6) is 11.5 Å². The quantitative estimate of drug-likeness (QED) is 0.309. The van der Waals surface area contributed by atoms with Gasteiger partial charge in [0.2, 0.25) is 0 Å². The number of ether oxygens (including phenoxy) is 3. The number of carbonyl (C=O) groups excluding carboxylic acids is 1. The van der Waals surface area contributed by atoms with Crippen LogP contribution in [-0.2, 0) is 9.53 Å². The molecule has 8 nitrogen and oxygen atoms in total. The molecule has 1 unspecified atom stereocenters. The van der Waals surface area contributed by atoms with Gasteiger partial charge in [-0.3, -0.25) is 4.79 Å². The van der Waals surface area contributed by atoms with Crippen molar-refractivity contribution in [3.63, 3.8) is 0 Å². The zero-order chi connectivity index (χ0) is 21.6. The van der Waals surface area contributed by atoms with Crippen molar-refractivity contribution in [2.24, 2.45) is 10.3 Å². The van der Waals surface area contributed by atoms with Crippen LogP contribution in [0.15, 0.2) is 40.2 Å². The van der Waals surface area contributed by atoms with E-state index >= 15 is 0 Å². The first-order chi connectivity index (χ1) is 13.9. The number of allylic oxidation sites excluding steroid dienone is 3. The van der Waals surface area contributed by atoms with Crippen molar-refractivity contribution in [2.75, 3.05) is 14.2 Å². The van der Waals surface area contributed by atoms with Crippen LogP contribution in [0.3, 0.4) is 0 Å². The second-order valence-electron chi connectivity index (χ2n) is 6.60. The molecule has 8 heteroatoms. The van der Waals surface area contributed by atoms with E-state index in [0.29, 0.717) is 34.6 Å². The largest absolute Gasteiger partial charge is 0.496 e. The van der Waals surface area contributed by atoms with Crippen LogP contribution in [0.2, 0.25) is 0 Å². The Bertz CT molecular complexity index is 895. The highest BCUT2D eigenvalue weighted by Crippen LogP contribution is 2.42. The average Bonchev–Trinajstić information content (AvgIpc) is 2.74. The van der Waals surface area contributed by atoms with Crippen LogP contribution >= 0.6 is 0 Å². The normalized spacial score (nSPS) is 16.3. The molecule has 1 aromatic carbocycles. The zero-order valence-corrected chi connectivity index (χ0v) is 17.2. The van der Waals surface area contributed by atoms with E-state index in [9.17, 15) is 15.2 Å². The summed E-state index contributed by atoms with van der Waals surface area (Å²) in [7, 11) is 2.94. The summed E-state index contributed by atoms with van der Waals surface area (Å²) >= 11 is 0. The molecule has 0 spiro atoms. The molecule has 156 valence electrons. The van der Waals surface area contributed by atoms with Gasteiger partial charge < -0.3 is 24.6 Å². The first kappa shape index (κ1) is 22.0. The molecule has 29 heavy (non-hydrogen) atoms. The molecular weight excluding hydrogens is 376 g/mol. The van der Waals surface area contributed by atoms with Gasteiger partial charge in [-0.1, -0.05) is 28.9 Å². The molecule has 2 N–H and O–H groups in total. The van der Waals surface area contributed by atoms with Gasteiger partial charge in [0.1, 0.15) is 29.0 Å². The number of oxime groups is 2. The molecule has 0 aliphatic heterocycles. The lowest BCUT2D eigenvalue weighted by Crippen LogP contribution is -2.19. The van der Waals surface area contributed by atoms with E-state index < -0.39 is 6.10 Å². The molecule has 1 atom stereocenters. The summed E-state index contributed by atoms with van der Waals surface area (Å²) in [6.07, 6.45) is 4.95. The SMILES string of the molecule is CCC(=O)OC(CC=C(C)C)c1cc(OC)c2c(c1OC)/C(=N/O)C=C/C2=N\O. The number of hydrogen-bond acceptors (Lipinski definition) is 8. The van der Waals surface area contributed by atoms with Crippen molar-refractivity contribution in [2.45, 2.75) is 39.7 Å². The molecule has 0 amide bonds. The van der Waals surface area contributed by atoms with Gasteiger partial charge >= 0.3 is 5.97 Å². The molecule has 0 saturated heterocycles. The molecule has 0 aromatic heterocycles. The van der Waals surface area contributed by atoms with Gasteiger partial charge in [-0.25, -0.2) is 0 Å². The van der Waals surface area contributed by atoms with Gasteiger partial charge in [0.15, 0.2) is 0 Å². The monoisotopic (exact) mass is 402 g/mol. The van der Waals surface area contributed by atoms with E-state index in [1.54, 1.807) is 13.0 Å². The molecule has 1 aliphatic carbocycles. The summed E-state index contributed by atoms with van der Waals surface area (Å²) in [6, 6.07) is 1.68. The molecule has 0 heterocycles. The molecule has 0 bridgehead atoms. The van der Waals surface area contributed by atoms with Gasteiger partial charge in [0, 0.05) is 18.4 Å². The maximum Gasteiger partial charge on any atom is 0.306 e. The van der Waals surface area contributed by atoms with Crippen molar-refractivity contribution in [1.82, 2.24) is 0 Å². The molecule has 0 radical (unpaired) electrons. The van der Waals surface area contributed by atoms with E-state index in [0.717, 1.165) is 5.57 Å². The van der Waals surface area contributed by atoms with Crippen LogP contribution in [0, 0.1) is 0 Å². The number of fused-ring (bicyclic) bond motifs is 1. The van der Waals surface area contributed by atoms with E-state index in [2.05, 4.69) is 10.3 Å². The summed E-state index contributed by atoms with van der Waals surface area (Å²) < 4.78 is 16.8. The lowest BCUT2D eigenvalue weighted by atomic mass is 9.88. The zero-order valence-electron chi connectivity index (χ0n) is 17.2. The Kier molecular flexibility index (Phi) is 7.41. The van der Waals surface area contributed by atoms with Gasteiger partial charge in [0.05, 0.1) is 25.3 Å². The molecular formula is C21H26N2O6. The Hall–Kier alpha value is -3.29. The Morgan fingerprint density at radius 2 is 1.72 bits per heavy atom. The van der Waals surface area contributed by atoms with Crippen LogP contribution in [0.1, 0.15) is 56.4 Å². The van der Waals surface area contributed by atoms with E-state index in [4.69, 9.17) is 14.2 Å². The highest BCUT2D eigenvalue weighted by Gasteiger charge is 2.31. The highest BCUT2D eigenvalue weighted by atomic mass is 16.5. The number of carbonyl (C=O) groups is 1. The van der Waals surface area contributed by atoms with Gasteiger partial charge in [-0.05, 0) is 32.1 Å². The Morgan fingerprint density at radius 3 is 2.21 bits per heavy atom.